The molecule has 26 heavy (non-hydrogen) atoms. The van der Waals surface area contributed by atoms with E-state index in [0.29, 0.717) is 37.6 Å². The average molecular weight is 381 g/mol. The zero-order valence-electron chi connectivity index (χ0n) is 14.7. The van der Waals surface area contributed by atoms with Crippen molar-refractivity contribution >= 4 is 21.8 Å². The number of nitrogens with zero attached hydrogens (tertiary/aromatic N) is 2. The summed E-state index contributed by atoms with van der Waals surface area (Å²) >= 11 is 0. The van der Waals surface area contributed by atoms with Crippen LogP contribution >= 0.6 is 0 Å². The van der Waals surface area contributed by atoms with Crippen molar-refractivity contribution in [3.05, 3.63) is 29.8 Å². The summed E-state index contributed by atoms with van der Waals surface area (Å²) in [5.74, 6) is 0.0834. The van der Waals surface area contributed by atoms with Gasteiger partial charge in [-0.15, -0.1) is 0 Å². The first-order chi connectivity index (χ1) is 12.5. The van der Waals surface area contributed by atoms with E-state index in [-0.39, 0.29) is 23.5 Å². The molecule has 1 aromatic carbocycles. The summed E-state index contributed by atoms with van der Waals surface area (Å²) in [6, 6.07) is 6.42. The molecule has 1 saturated heterocycles. The van der Waals surface area contributed by atoms with E-state index in [2.05, 4.69) is 9.71 Å². The minimum atomic E-state index is -3.52. The van der Waals surface area contributed by atoms with Crippen molar-refractivity contribution in [2.24, 2.45) is 4.99 Å². The van der Waals surface area contributed by atoms with Crippen LogP contribution in [0.4, 0.5) is 0 Å². The fourth-order valence-electron chi connectivity index (χ4n) is 2.91. The number of hydrogen-bond acceptors (Lipinski definition) is 7. The van der Waals surface area contributed by atoms with Crippen LogP contribution in [-0.4, -0.2) is 70.6 Å². The lowest BCUT2D eigenvalue weighted by atomic mass is 10.2. The molecule has 0 saturated carbocycles. The van der Waals surface area contributed by atoms with Crippen LogP contribution in [0, 0.1) is 0 Å². The minimum Gasteiger partial charge on any atom is -0.464 e. The van der Waals surface area contributed by atoms with Crippen LogP contribution in [0.1, 0.15) is 18.9 Å². The summed E-state index contributed by atoms with van der Waals surface area (Å²) in [4.78, 5) is 18.7. The van der Waals surface area contributed by atoms with Gasteiger partial charge < -0.3 is 9.47 Å². The lowest BCUT2D eigenvalue weighted by Gasteiger charge is -2.30. The second-order valence-electron chi connectivity index (χ2n) is 6.18. The van der Waals surface area contributed by atoms with Crippen molar-refractivity contribution in [2.45, 2.75) is 24.3 Å². The molecule has 1 fully saturated rings. The Bertz CT molecular complexity index is 787. The van der Waals surface area contributed by atoms with Crippen LogP contribution in [0.3, 0.4) is 0 Å². The molecule has 2 heterocycles. The number of ether oxygens (including phenoxy) is 2. The predicted molar refractivity (Wildman–Crippen MR) is 95.6 cm³/mol. The van der Waals surface area contributed by atoms with E-state index in [4.69, 9.17) is 9.47 Å². The molecule has 1 N–H and O–H groups in total. The molecule has 0 aliphatic carbocycles. The number of aliphatic imine (C=N–C) groups is 1. The van der Waals surface area contributed by atoms with Gasteiger partial charge in [0.25, 0.3) is 10.0 Å². The summed E-state index contributed by atoms with van der Waals surface area (Å²) < 4.78 is 37.0. The van der Waals surface area contributed by atoms with Gasteiger partial charge in [0.2, 0.25) is 0 Å². The van der Waals surface area contributed by atoms with Gasteiger partial charge >= 0.3 is 5.97 Å². The number of hydrogen-bond donors (Lipinski definition) is 1. The zero-order valence-corrected chi connectivity index (χ0v) is 15.5. The SMILES string of the molecule is CC(C(=O)OCCCN=C1NS(=O)(=O)c2ccccc21)N1CCOCC1. The minimum absolute atomic E-state index is 0.240. The molecule has 0 amide bonds. The second-order valence-corrected chi connectivity index (χ2v) is 7.83. The van der Waals surface area contributed by atoms with E-state index in [0.717, 1.165) is 13.1 Å². The van der Waals surface area contributed by atoms with Crippen molar-refractivity contribution in [1.82, 2.24) is 9.62 Å². The summed E-state index contributed by atoms with van der Waals surface area (Å²) in [7, 11) is -3.52. The number of carbonyl (C=O) groups is 1. The number of amidine groups is 1. The van der Waals surface area contributed by atoms with E-state index in [1.165, 1.54) is 0 Å². The smallest absolute Gasteiger partial charge is 0.323 e. The standard InChI is InChI=1S/C17H23N3O5S/c1-13(20-8-11-24-12-9-20)17(21)25-10-4-7-18-16-14-5-2-3-6-15(14)26(22,23)19-16/h2-3,5-6,13H,4,7-12H2,1H3,(H,18,19). The van der Waals surface area contributed by atoms with Crippen molar-refractivity contribution < 1.29 is 22.7 Å². The first-order valence-corrected chi connectivity index (χ1v) is 10.1. The van der Waals surface area contributed by atoms with Crippen molar-refractivity contribution in [1.29, 1.82) is 0 Å². The van der Waals surface area contributed by atoms with E-state index in [1.54, 1.807) is 24.3 Å². The third-order valence-corrected chi connectivity index (χ3v) is 5.81. The Morgan fingerprint density at radius 3 is 2.85 bits per heavy atom. The molecule has 1 aromatic rings. The van der Waals surface area contributed by atoms with Gasteiger partial charge in [0, 0.05) is 31.6 Å². The van der Waals surface area contributed by atoms with E-state index < -0.39 is 10.0 Å². The lowest BCUT2D eigenvalue weighted by Crippen LogP contribution is -2.46. The van der Waals surface area contributed by atoms with Gasteiger partial charge in [-0.2, -0.15) is 0 Å². The van der Waals surface area contributed by atoms with Crippen LogP contribution in [0.25, 0.3) is 0 Å². The Hall–Kier alpha value is -1.97. The molecule has 0 bridgehead atoms. The molecule has 1 atom stereocenters. The fraction of sp³-hybridized carbons (Fsp3) is 0.529. The third kappa shape index (κ3) is 4.22. The van der Waals surface area contributed by atoms with Crippen LogP contribution in [0.2, 0.25) is 0 Å². The van der Waals surface area contributed by atoms with Crippen LogP contribution in [0.15, 0.2) is 34.2 Å². The maximum atomic E-state index is 12.1. The lowest BCUT2D eigenvalue weighted by molar-refractivity contribution is -0.151. The third-order valence-electron chi connectivity index (χ3n) is 4.41. The molecule has 3 rings (SSSR count). The Kier molecular flexibility index (Phi) is 5.90. The number of sulfonamides is 1. The quantitative estimate of drug-likeness (QED) is 0.565. The molecule has 8 nitrogen and oxygen atoms in total. The molecule has 0 radical (unpaired) electrons. The normalized spacial score (nSPS) is 21.8. The number of morpholine rings is 1. The molecule has 0 aromatic heterocycles. The molecule has 142 valence electrons. The Morgan fingerprint density at radius 1 is 1.35 bits per heavy atom. The number of carbonyl (C=O) groups excluding carboxylic acids is 1. The van der Waals surface area contributed by atoms with E-state index >= 15 is 0 Å². The van der Waals surface area contributed by atoms with Gasteiger partial charge in [-0.3, -0.25) is 19.4 Å². The number of benzene rings is 1. The Labute approximate surface area is 153 Å². The highest BCUT2D eigenvalue weighted by Crippen LogP contribution is 2.22. The summed E-state index contributed by atoms with van der Waals surface area (Å²) in [6.07, 6.45) is 0.523. The molecule has 9 heteroatoms. The van der Waals surface area contributed by atoms with Crippen molar-refractivity contribution in [3.63, 3.8) is 0 Å². The molecule has 0 spiro atoms. The van der Waals surface area contributed by atoms with Crippen molar-refractivity contribution in [3.8, 4) is 0 Å². The van der Waals surface area contributed by atoms with Crippen LogP contribution in [-0.2, 0) is 24.3 Å². The summed E-state index contributed by atoms with van der Waals surface area (Å²) in [5.41, 5.74) is 0.574. The molecule has 2 aliphatic heterocycles. The van der Waals surface area contributed by atoms with E-state index in [1.807, 2.05) is 11.8 Å². The van der Waals surface area contributed by atoms with Crippen molar-refractivity contribution in [2.75, 3.05) is 39.5 Å². The van der Waals surface area contributed by atoms with Gasteiger partial charge in [-0.1, -0.05) is 12.1 Å². The molecule has 1 unspecified atom stereocenters. The average Bonchev–Trinajstić information content (AvgIpc) is 2.92. The number of esters is 1. The predicted octanol–water partition coefficient (Wildman–Crippen LogP) is 0.379. The van der Waals surface area contributed by atoms with Crippen LogP contribution in [0.5, 0.6) is 0 Å². The van der Waals surface area contributed by atoms with Gasteiger partial charge in [-0.25, -0.2) is 8.42 Å². The number of rotatable bonds is 6. The van der Waals surface area contributed by atoms with Gasteiger partial charge in [-0.05, 0) is 19.1 Å². The maximum Gasteiger partial charge on any atom is 0.323 e. The highest BCUT2D eigenvalue weighted by Gasteiger charge is 2.30. The van der Waals surface area contributed by atoms with Gasteiger partial charge in [0.15, 0.2) is 0 Å². The monoisotopic (exact) mass is 381 g/mol. The zero-order chi connectivity index (χ0) is 18.6. The maximum absolute atomic E-state index is 12.1. The molecular weight excluding hydrogens is 358 g/mol. The molecule has 2 aliphatic rings. The van der Waals surface area contributed by atoms with Gasteiger partial charge in [0.1, 0.15) is 11.9 Å². The highest BCUT2D eigenvalue weighted by molar-refractivity contribution is 7.90. The number of nitrogens with one attached hydrogen (secondary N) is 1. The van der Waals surface area contributed by atoms with E-state index in [9.17, 15) is 13.2 Å². The Morgan fingerprint density at radius 2 is 2.08 bits per heavy atom. The number of fused-ring (bicyclic) bond motifs is 1. The topological polar surface area (TPSA) is 97.3 Å². The summed E-state index contributed by atoms with van der Waals surface area (Å²) in [6.45, 7) is 5.16. The van der Waals surface area contributed by atoms with Crippen LogP contribution < -0.4 is 4.72 Å². The van der Waals surface area contributed by atoms with Gasteiger partial charge in [0.05, 0.1) is 24.7 Å². The summed E-state index contributed by atoms with van der Waals surface area (Å²) in [5, 5.41) is 0. The molecular formula is C17H23N3O5S. The highest BCUT2D eigenvalue weighted by atomic mass is 32.2. The Balaban J connectivity index is 1.46. The second kappa shape index (κ2) is 8.15. The first-order valence-electron chi connectivity index (χ1n) is 8.64. The fourth-order valence-corrected chi connectivity index (χ4v) is 4.16. The first kappa shape index (κ1) is 18.8. The largest absolute Gasteiger partial charge is 0.464 e.